The van der Waals surface area contributed by atoms with Crippen molar-refractivity contribution >= 4 is 21.4 Å². The quantitative estimate of drug-likeness (QED) is 0.727. The number of allylic oxidation sites excluding steroid dienone is 1. The van der Waals surface area contributed by atoms with Crippen molar-refractivity contribution in [2.75, 3.05) is 5.32 Å². The Morgan fingerprint density at radius 3 is 2.41 bits per heavy atom. The van der Waals surface area contributed by atoms with Crippen LogP contribution in [-0.2, 0) is 20.3 Å². The van der Waals surface area contributed by atoms with Crippen molar-refractivity contribution < 1.29 is 30.8 Å². The standard InChI is InChI=1S/C19H16F4N2O3S/c20-15-2-1-11-24-16(15)19(23)9-7-12(8-10-19)17(26)25-13-3-5-14(6-4-13)29(27,28)18(21)22/h1-7,11,18H,8-10H2,(H,25,26). The lowest BCUT2D eigenvalue weighted by Gasteiger charge is -2.28. The Morgan fingerprint density at radius 1 is 1.17 bits per heavy atom. The Bertz CT molecular complexity index is 1060. The summed E-state index contributed by atoms with van der Waals surface area (Å²) in [5.41, 5.74) is -1.84. The number of anilines is 1. The fourth-order valence-corrected chi connectivity index (χ4v) is 3.72. The molecule has 3 rings (SSSR count). The molecule has 0 aliphatic heterocycles. The molecular formula is C19H16F4N2O3S. The average Bonchev–Trinajstić information content (AvgIpc) is 2.69. The number of carbonyl (C=O) groups excluding carboxylic acids is 1. The molecule has 0 radical (unpaired) electrons. The third kappa shape index (κ3) is 4.31. The summed E-state index contributed by atoms with van der Waals surface area (Å²) >= 11 is 0. The van der Waals surface area contributed by atoms with Crippen LogP contribution in [0.1, 0.15) is 25.0 Å². The van der Waals surface area contributed by atoms with Crippen molar-refractivity contribution in [3.63, 3.8) is 0 Å². The van der Waals surface area contributed by atoms with E-state index in [9.17, 15) is 26.4 Å². The number of rotatable bonds is 5. The summed E-state index contributed by atoms with van der Waals surface area (Å²) in [6.45, 7) is 0. The third-order valence-corrected chi connectivity index (χ3v) is 6.01. The van der Waals surface area contributed by atoms with E-state index in [1.54, 1.807) is 0 Å². The number of sulfone groups is 1. The van der Waals surface area contributed by atoms with Gasteiger partial charge in [0, 0.05) is 23.9 Å². The van der Waals surface area contributed by atoms with Crippen molar-refractivity contribution in [2.24, 2.45) is 0 Å². The second-order valence-corrected chi connectivity index (χ2v) is 8.43. The maximum atomic E-state index is 15.1. The van der Waals surface area contributed by atoms with Gasteiger partial charge < -0.3 is 5.32 Å². The molecule has 1 N–H and O–H groups in total. The Hall–Kier alpha value is -2.75. The second kappa shape index (κ2) is 7.94. The van der Waals surface area contributed by atoms with Gasteiger partial charge in [-0.15, -0.1) is 0 Å². The largest absolute Gasteiger partial charge is 0.341 e. The SMILES string of the molecule is O=C(Nc1ccc(S(=O)(=O)C(F)F)cc1)C1=CCC(F)(c2ncccc2F)CC1. The summed E-state index contributed by atoms with van der Waals surface area (Å²) in [5.74, 6) is -4.84. The molecule has 1 aliphatic rings. The molecule has 1 aromatic heterocycles. The Kier molecular flexibility index (Phi) is 5.74. The van der Waals surface area contributed by atoms with E-state index in [0.29, 0.717) is 0 Å². The van der Waals surface area contributed by atoms with Crippen LogP contribution in [0.4, 0.5) is 23.2 Å². The zero-order valence-corrected chi connectivity index (χ0v) is 15.7. The van der Waals surface area contributed by atoms with Gasteiger partial charge in [0.15, 0.2) is 5.67 Å². The minimum Gasteiger partial charge on any atom is -0.322 e. The van der Waals surface area contributed by atoms with E-state index in [1.807, 2.05) is 0 Å². The van der Waals surface area contributed by atoms with Crippen molar-refractivity contribution in [3.8, 4) is 0 Å². The highest BCUT2D eigenvalue weighted by Gasteiger charge is 2.38. The van der Waals surface area contributed by atoms with E-state index in [4.69, 9.17) is 0 Å². The van der Waals surface area contributed by atoms with Crippen LogP contribution in [-0.4, -0.2) is 25.1 Å². The molecule has 1 atom stereocenters. The Labute approximate surface area is 164 Å². The number of nitrogens with one attached hydrogen (secondary N) is 1. The van der Waals surface area contributed by atoms with E-state index in [-0.39, 0.29) is 36.2 Å². The van der Waals surface area contributed by atoms with Gasteiger partial charge in [-0.05, 0) is 49.2 Å². The van der Waals surface area contributed by atoms with Gasteiger partial charge in [-0.25, -0.2) is 17.2 Å². The first kappa shape index (κ1) is 21.0. The summed E-state index contributed by atoms with van der Waals surface area (Å²) in [4.78, 5) is 15.5. The van der Waals surface area contributed by atoms with Crippen molar-refractivity contribution in [1.82, 2.24) is 4.98 Å². The Morgan fingerprint density at radius 2 is 1.86 bits per heavy atom. The van der Waals surface area contributed by atoms with Crippen LogP contribution in [0.15, 0.2) is 59.1 Å². The van der Waals surface area contributed by atoms with Crippen LogP contribution in [0.3, 0.4) is 0 Å². The number of aromatic nitrogens is 1. The number of hydrogen-bond donors (Lipinski definition) is 1. The highest BCUT2D eigenvalue weighted by Crippen LogP contribution is 2.40. The molecule has 0 fully saturated rings. The minimum absolute atomic E-state index is 0.0379. The maximum Gasteiger partial charge on any atom is 0.341 e. The predicted molar refractivity (Wildman–Crippen MR) is 97.2 cm³/mol. The van der Waals surface area contributed by atoms with Gasteiger partial charge in [0.25, 0.3) is 5.91 Å². The van der Waals surface area contributed by atoms with Gasteiger partial charge in [-0.3, -0.25) is 9.78 Å². The molecule has 0 saturated carbocycles. The first-order chi connectivity index (χ1) is 13.6. The van der Waals surface area contributed by atoms with E-state index >= 15 is 4.39 Å². The van der Waals surface area contributed by atoms with E-state index in [2.05, 4.69) is 10.3 Å². The van der Waals surface area contributed by atoms with Crippen LogP contribution in [0.2, 0.25) is 0 Å². The van der Waals surface area contributed by atoms with Crippen molar-refractivity contribution in [1.29, 1.82) is 0 Å². The number of hydrogen-bond acceptors (Lipinski definition) is 4. The monoisotopic (exact) mass is 428 g/mol. The molecule has 1 aliphatic carbocycles. The molecule has 5 nitrogen and oxygen atoms in total. The first-order valence-electron chi connectivity index (χ1n) is 8.56. The molecule has 0 saturated heterocycles. The fraction of sp³-hybridized carbons (Fsp3) is 0.263. The van der Waals surface area contributed by atoms with E-state index < -0.39 is 37.9 Å². The van der Waals surface area contributed by atoms with Crippen molar-refractivity contribution in [3.05, 3.63) is 65.8 Å². The zero-order chi connectivity index (χ0) is 21.2. The highest BCUT2D eigenvalue weighted by atomic mass is 32.2. The van der Waals surface area contributed by atoms with Crippen molar-refractivity contribution in [2.45, 2.75) is 35.6 Å². The summed E-state index contributed by atoms with van der Waals surface area (Å²) in [6, 6.07) is 6.76. The predicted octanol–water partition coefficient (Wildman–Crippen LogP) is 4.13. The molecule has 2 aromatic rings. The van der Waals surface area contributed by atoms with Crippen LogP contribution < -0.4 is 5.32 Å². The van der Waals surface area contributed by atoms with Crippen LogP contribution in [0.5, 0.6) is 0 Å². The molecule has 154 valence electrons. The van der Waals surface area contributed by atoms with Gasteiger partial charge >= 0.3 is 5.76 Å². The smallest absolute Gasteiger partial charge is 0.322 e. The number of halogens is 4. The number of nitrogens with zero attached hydrogens (tertiary/aromatic N) is 1. The van der Waals surface area contributed by atoms with Crippen LogP contribution in [0.25, 0.3) is 0 Å². The molecule has 10 heteroatoms. The number of carbonyl (C=O) groups is 1. The van der Waals surface area contributed by atoms with E-state index in [1.165, 1.54) is 30.5 Å². The summed E-state index contributed by atoms with van der Waals surface area (Å²) in [7, 11) is -4.72. The fourth-order valence-electron chi connectivity index (χ4n) is 3.00. The Balaban J connectivity index is 1.70. The lowest BCUT2D eigenvalue weighted by molar-refractivity contribution is -0.113. The van der Waals surface area contributed by atoms with Gasteiger partial charge in [0.2, 0.25) is 9.84 Å². The number of pyridine rings is 1. The van der Waals surface area contributed by atoms with Crippen LogP contribution in [0, 0.1) is 5.82 Å². The zero-order valence-electron chi connectivity index (χ0n) is 14.9. The van der Waals surface area contributed by atoms with Gasteiger partial charge in [0.05, 0.1) is 4.90 Å². The van der Waals surface area contributed by atoms with Crippen LogP contribution >= 0.6 is 0 Å². The van der Waals surface area contributed by atoms with E-state index in [0.717, 1.165) is 18.2 Å². The molecule has 1 aromatic carbocycles. The normalized spacial score (nSPS) is 19.7. The van der Waals surface area contributed by atoms with Gasteiger partial charge in [-0.2, -0.15) is 8.78 Å². The minimum atomic E-state index is -4.72. The summed E-state index contributed by atoms with van der Waals surface area (Å²) in [5, 5.41) is 2.50. The third-order valence-electron chi connectivity index (χ3n) is 4.61. The topological polar surface area (TPSA) is 76.1 Å². The summed E-state index contributed by atoms with van der Waals surface area (Å²) in [6.07, 6.45) is 2.34. The summed E-state index contributed by atoms with van der Waals surface area (Å²) < 4.78 is 76.8. The molecular weight excluding hydrogens is 412 g/mol. The lowest BCUT2D eigenvalue weighted by Crippen LogP contribution is -2.28. The van der Waals surface area contributed by atoms with Gasteiger partial charge in [-0.1, -0.05) is 6.08 Å². The molecule has 0 bridgehead atoms. The highest BCUT2D eigenvalue weighted by molar-refractivity contribution is 7.91. The van der Waals surface area contributed by atoms with Gasteiger partial charge in [0.1, 0.15) is 11.5 Å². The molecule has 1 unspecified atom stereocenters. The number of benzene rings is 1. The maximum absolute atomic E-state index is 15.1. The molecule has 1 amide bonds. The average molecular weight is 428 g/mol. The molecule has 29 heavy (non-hydrogen) atoms. The lowest BCUT2D eigenvalue weighted by atomic mass is 9.84. The number of alkyl halides is 3. The number of amides is 1. The first-order valence-corrected chi connectivity index (χ1v) is 10.1. The second-order valence-electron chi connectivity index (χ2n) is 6.52. The molecule has 1 heterocycles. The molecule has 0 spiro atoms.